The highest BCUT2D eigenvalue weighted by atomic mass is 16.3. The van der Waals surface area contributed by atoms with E-state index in [-0.39, 0.29) is 11.7 Å². The van der Waals surface area contributed by atoms with Gasteiger partial charge in [-0.3, -0.25) is 9.59 Å². The normalized spacial score (nSPS) is 10.6. The zero-order valence-corrected chi connectivity index (χ0v) is 15.2. The van der Waals surface area contributed by atoms with Gasteiger partial charge in [0, 0.05) is 16.6 Å². The Morgan fingerprint density at radius 3 is 2.21 bits per heavy atom. The molecule has 0 fully saturated rings. The number of carbonyl (C=O) groups is 2. The summed E-state index contributed by atoms with van der Waals surface area (Å²) >= 11 is 0. The highest BCUT2D eigenvalue weighted by Gasteiger charge is 2.23. The second-order valence-corrected chi connectivity index (χ2v) is 6.39. The molecule has 1 aromatic heterocycles. The lowest BCUT2D eigenvalue weighted by atomic mass is 10.1. The van der Waals surface area contributed by atoms with Gasteiger partial charge in [0.05, 0.1) is 0 Å². The van der Waals surface area contributed by atoms with Crippen molar-refractivity contribution in [2.45, 2.75) is 6.92 Å². The summed E-state index contributed by atoms with van der Waals surface area (Å²) in [5.74, 6) is -0.659. The van der Waals surface area contributed by atoms with E-state index in [0.29, 0.717) is 27.9 Å². The minimum absolute atomic E-state index is 0.0620. The Morgan fingerprint density at radius 1 is 0.750 bits per heavy atom. The molecule has 4 aromatic rings. The fraction of sp³-hybridized carbons (Fsp3) is 0.0435. The molecule has 5 heteroatoms. The molecule has 0 unspecified atom stereocenters. The Balaban J connectivity index is 1.72. The fourth-order valence-electron chi connectivity index (χ4n) is 3.05. The highest BCUT2D eigenvalue weighted by molar-refractivity contribution is 6.17. The van der Waals surface area contributed by atoms with Crippen molar-refractivity contribution in [1.29, 1.82) is 0 Å². The van der Waals surface area contributed by atoms with Crippen LogP contribution >= 0.6 is 0 Å². The van der Waals surface area contributed by atoms with Gasteiger partial charge >= 0.3 is 0 Å². The average Bonchev–Trinajstić information content (AvgIpc) is 3.08. The Morgan fingerprint density at radius 2 is 1.43 bits per heavy atom. The molecular weight excluding hydrogens is 352 g/mol. The van der Waals surface area contributed by atoms with E-state index < -0.39 is 5.91 Å². The highest BCUT2D eigenvalue weighted by Crippen LogP contribution is 2.32. The van der Waals surface area contributed by atoms with Crippen LogP contribution < -0.4 is 10.6 Å². The number of fused-ring (bicyclic) bond motifs is 1. The zero-order valence-electron chi connectivity index (χ0n) is 15.2. The smallest absolute Gasteiger partial charge is 0.293 e. The Kier molecular flexibility index (Phi) is 4.64. The SMILES string of the molecule is Cc1ccccc1C(=O)Nc1c(C(=O)Nc2ccccc2)oc2ccccc12. The van der Waals surface area contributed by atoms with Crippen molar-refractivity contribution < 1.29 is 14.0 Å². The fourth-order valence-corrected chi connectivity index (χ4v) is 3.05. The molecule has 5 nitrogen and oxygen atoms in total. The second-order valence-electron chi connectivity index (χ2n) is 6.39. The first kappa shape index (κ1) is 17.5. The van der Waals surface area contributed by atoms with E-state index in [1.54, 1.807) is 30.3 Å². The van der Waals surface area contributed by atoms with Gasteiger partial charge in [0.15, 0.2) is 0 Å². The second kappa shape index (κ2) is 7.40. The first-order chi connectivity index (χ1) is 13.6. The molecule has 0 aliphatic carbocycles. The van der Waals surface area contributed by atoms with E-state index in [2.05, 4.69) is 10.6 Å². The van der Waals surface area contributed by atoms with Crippen LogP contribution in [-0.2, 0) is 0 Å². The van der Waals surface area contributed by atoms with Crippen molar-refractivity contribution in [2.75, 3.05) is 10.6 Å². The van der Waals surface area contributed by atoms with E-state index in [9.17, 15) is 9.59 Å². The summed E-state index contributed by atoms with van der Waals surface area (Å²) in [6, 6.07) is 23.6. The summed E-state index contributed by atoms with van der Waals surface area (Å²) in [6.07, 6.45) is 0. The quantitative estimate of drug-likeness (QED) is 0.516. The van der Waals surface area contributed by atoms with Crippen molar-refractivity contribution >= 4 is 34.2 Å². The summed E-state index contributed by atoms with van der Waals surface area (Å²) in [5.41, 5.74) is 2.92. The van der Waals surface area contributed by atoms with Gasteiger partial charge in [-0.1, -0.05) is 48.5 Å². The molecule has 3 aromatic carbocycles. The van der Waals surface area contributed by atoms with E-state index >= 15 is 0 Å². The van der Waals surface area contributed by atoms with Crippen LogP contribution in [0, 0.1) is 6.92 Å². The van der Waals surface area contributed by atoms with Gasteiger partial charge < -0.3 is 15.1 Å². The molecule has 2 amide bonds. The monoisotopic (exact) mass is 370 g/mol. The summed E-state index contributed by atoms with van der Waals surface area (Å²) < 4.78 is 5.77. The molecule has 0 radical (unpaired) electrons. The van der Waals surface area contributed by atoms with Crippen LogP contribution in [-0.4, -0.2) is 11.8 Å². The summed E-state index contributed by atoms with van der Waals surface area (Å²) in [7, 11) is 0. The van der Waals surface area contributed by atoms with E-state index in [1.165, 1.54) is 0 Å². The molecule has 1 heterocycles. The third-order valence-corrected chi connectivity index (χ3v) is 4.46. The molecule has 28 heavy (non-hydrogen) atoms. The van der Waals surface area contributed by atoms with Crippen LogP contribution in [0.2, 0.25) is 0 Å². The van der Waals surface area contributed by atoms with Crippen molar-refractivity contribution in [3.8, 4) is 0 Å². The molecule has 0 aliphatic heterocycles. The lowest BCUT2D eigenvalue weighted by molar-refractivity contribution is 0.0999. The molecule has 4 rings (SSSR count). The van der Waals surface area contributed by atoms with Crippen molar-refractivity contribution in [3.63, 3.8) is 0 Å². The average molecular weight is 370 g/mol. The summed E-state index contributed by atoms with van der Waals surface area (Å²) in [5, 5.41) is 6.33. The third-order valence-electron chi connectivity index (χ3n) is 4.46. The Labute approximate surface area is 162 Å². The van der Waals surface area contributed by atoms with Gasteiger partial charge in [0.25, 0.3) is 11.8 Å². The van der Waals surface area contributed by atoms with Crippen LogP contribution in [0.3, 0.4) is 0 Å². The maximum absolute atomic E-state index is 12.8. The summed E-state index contributed by atoms with van der Waals surface area (Å²) in [6.45, 7) is 1.87. The first-order valence-corrected chi connectivity index (χ1v) is 8.88. The van der Waals surface area contributed by atoms with Gasteiger partial charge in [-0.05, 0) is 42.8 Å². The van der Waals surface area contributed by atoms with Crippen LogP contribution in [0.5, 0.6) is 0 Å². The number of hydrogen-bond donors (Lipinski definition) is 2. The van der Waals surface area contributed by atoms with Gasteiger partial charge in [-0.15, -0.1) is 0 Å². The lowest BCUT2D eigenvalue weighted by Gasteiger charge is -2.09. The molecule has 0 saturated carbocycles. The maximum atomic E-state index is 12.8. The number of nitrogens with one attached hydrogen (secondary N) is 2. The van der Waals surface area contributed by atoms with Crippen LogP contribution in [0.1, 0.15) is 26.5 Å². The molecular formula is C23H18N2O3. The number of rotatable bonds is 4. The number of para-hydroxylation sites is 2. The third kappa shape index (κ3) is 3.38. The standard InChI is InChI=1S/C23H18N2O3/c1-15-9-5-6-12-17(15)22(26)25-20-18-13-7-8-14-19(18)28-21(20)23(27)24-16-10-3-2-4-11-16/h2-14H,1H3,(H,24,27)(H,25,26). The lowest BCUT2D eigenvalue weighted by Crippen LogP contribution is -2.17. The van der Waals surface area contributed by atoms with Crippen LogP contribution in [0.25, 0.3) is 11.0 Å². The first-order valence-electron chi connectivity index (χ1n) is 8.88. The molecule has 0 saturated heterocycles. The number of carbonyl (C=O) groups excluding carboxylic acids is 2. The summed E-state index contributed by atoms with van der Waals surface area (Å²) in [4.78, 5) is 25.7. The van der Waals surface area contributed by atoms with Crippen molar-refractivity contribution in [1.82, 2.24) is 0 Å². The van der Waals surface area contributed by atoms with Crippen LogP contribution in [0.15, 0.2) is 83.3 Å². The molecule has 0 spiro atoms. The Hall–Kier alpha value is -3.86. The zero-order chi connectivity index (χ0) is 19.5. The van der Waals surface area contributed by atoms with E-state index in [4.69, 9.17) is 4.42 Å². The minimum Gasteiger partial charge on any atom is -0.449 e. The number of furan rings is 1. The molecule has 138 valence electrons. The van der Waals surface area contributed by atoms with E-state index in [1.807, 2.05) is 55.5 Å². The number of amides is 2. The number of aryl methyl sites for hydroxylation is 1. The number of hydrogen-bond acceptors (Lipinski definition) is 3. The van der Waals surface area contributed by atoms with Gasteiger partial charge in [-0.2, -0.15) is 0 Å². The van der Waals surface area contributed by atoms with Crippen LogP contribution in [0.4, 0.5) is 11.4 Å². The number of benzene rings is 3. The largest absolute Gasteiger partial charge is 0.449 e. The predicted molar refractivity (Wildman–Crippen MR) is 110 cm³/mol. The molecule has 0 aliphatic rings. The van der Waals surface area contributed by atoms with Gasteiger partial charge in [0.2, 0.25) is 5.76 Å². The Bertz CT molecular complexity index is 1160. The maximum Gasteiger partial charge on any atom is 0.293 e. The van der Waals surface area contributed by atoms with E-state index in [0.717, 1.165) is 5.56 Å². The van der Waals surface area contributed by atoms with Gasteiger partial charge in [-0.25, -0.2) is 0 Å². The number of anilines is 2. The predicted octanol–water partition coefficient (Wildman–Crippen LogP) is 5.25. The molecule has 0 atom stereocenters. The topological polar surface area (TPSA) is 71.3 Å². The van der Waals surface area contributed by atoms with Crippen molar-refractivity contribution in [3.05, 3.63) is 95.7 Å². The van der Waals surface area contributed by atoms with Crippen molar-refractivity contribution in [2.24, 2.45) is 0 Å². The molecule has 0 bridgehead atoms. The minimum atomic E-state index is -0.428. The van der Waals surface area contributed by atoms with Gasteiger partial charge in [0.1, 0.15) is 11.3 Å². The molecule has 2 N–H and O–H groups in total.